The Bertz CT molecular complexity index is 885. The molecule has 5 nitrogen and oxygen atoms in total. The highest BCUT2D eigenvalue weighted by Gasteiger charge is 2.55. The van der Waals surface area contributed by atoms with Crippen molar-refractivity contribution < 1.29 is 14.6 Å². The van der Waals surface area contributed by atoms with Gasteiger partial charge in [-0.05, 0) is 54.7 Å². The lowest BCUT2D eigenvalue weighted by Gasteiger charge is -2.51. The number of hydrogen-bond acceptors (Lipinski definition) is 5. The van der Waals surface area contributed by atoms with Crippen molar-refractivity contribution in [1.29, 1.82) is 0 Å². The maximum atomic E-state index is 13.6. The van der Waals surface area contributed by atoms with Crippen LogP contribution in [0.3, 0.4) is 0 Å². The largest absolute Gasteiger partial charge is 0.498 e. The van der Waals surface area contributed by atoms with Gasteiger partial charge in [-0.2, -0.15) is 0 Å². The van der Waals surface area contributed by atoms with E-state index in [1.807, 2.05) is 0 Å². The summed E-state index contributed by atoms with van der Waals surface area (Å²) < 4.78 is 5.73. The molecule has 1 fully saturated rings. The van der Waals surface area contributed by atoms with E-state index >= 15 is 0 Å². The summed E-state index contributed by atoms with van der Waals surface area (Å²) in [6.07, 6.45) is 6.33. The summed E-state index contributed by atoms with van der Waals surface area (Å²) in [4.78, 5) is 13.6. The topological polar surface area (TPSA) is 61.8 Å². The molecule has 5 heteroatoms. The standard InChI is InChI=1S/C26H38N2O3/c1-14(2)10-22(29)25-18-6-8-20-17-7-9-23(31-5)26(20,30)16(4)12-27-28-13-15(3)24(25)21(28)11-19(17)18/h9,14-16,20-21,24,27,30H,6-8,10-13H2,1-5H3/t15?,16-,20?,21?,24?,26+/m0/s1. The van der Waals surface area contributed by atoms with Crippen LogP contribution in [0.4, 0.5) is 0 Å². The average Bonchev–Trinajstić information content (AvgIpc) is 3.04. The molecule has 31 heavy (non-hydrogen) atoms. The number of ether oxygens (including phenoxy) is 1. The molecule has 0 aromatic rings. The van der Waals surface area contributed by atoms with Gasteiger partial charge >= 0.3 is 0 Å². The fourth-order valence-corrected chi connectivity index (χ4v) is 7.37. The zero-order chi connectivity index (χ0) is 22.1. The van der Waals surface area contributed by atoms with Crippen molar-refractivity contribution in [2.24, 2.45) is 29.6 Å². The highest BCUT2D eigenvalue weighted by Crippen LogP contribution is 2.56. The summed E-state index contributed by atoms with van der Waals surface area (Å²) in [5, 5.41) is 14.5. The first-order chi connectivity index (χ1) is 14.8. The molecule has 0 aromatic heterocycles. The Hall–Kier alpha value is -1.43. The van der Waals surface area contributed by atoms with Crippen molar-refractivity contribution in [3.8, 4) is 0 Å². The first-order valence-electron chi connectivity index (χ1n) is 12.2. The number of ketones is 1. The lowest BCUT2D eigenvalue weighted by atomic mass is 9.59. The molecule has 3 aliphatic carbocycles. The van der Waals surface area contributed by atoms with E-state index in [2.05, 4.69) is 44.2 Å². The van der Waals surface area contributed by atoms with Crippen LogP contribution in [0.2, 0.25) is 0 Å². The Kier molecular flexibility index (Phi) is 5.23. The molecule has 2 heterocycles. The Morgan fingerprint density at radius 3 is 2.84 bits per heavy atom. The smallest absolute Gasteiger partial charge is 0.159 e. The van der Waals surface area contributed by atoms with Gasteiger partial charge in [-0.1, -0.05) is 33.3 Å². The van der Waals surface area contributed by atoms with Crippen molar-refractivity contribution in [2.45, 2.75) is 71.4 Å². The predicted octanol–water partition coefficient (Wildman–Crippen LogP) is 3.76. The van der Waals surface area contributed by atoms with Gasteiger partial charge < -0.3 is 9.84 Å². The second kappa shape index (κ2) is 7.57. The molecule has 6 atom stereocenters. The van der Waals surface area contributed by atoms with Gasteiger partial charge in [0.2, 0.25) is 0 Å². The highest BCUT2D eigenvalue weighted by atomic mass is 16.5. The molecule has 0 saturated carbocycles. The summed E-state index contributed by atoms with van der Waals surface area (Å²) in [6, 6.07) is 0.331. The number of nitrogens with one attached hydrogen (secondary N) is 1. The van der Waals surface area contributed by atoms with E-state index in [0.717, 1.165) is 43.6 Å². The quantitative estimate of drug-likeness (QED) is 0.717. The molecule has 1 saturated heterocycles. The molecule has 0 aromatic carbocycles. The van der Waals surface area contributed by atoms with Crippen molar-refractivity contribution >= 4 is 5.78 Å². The van der Waals surface area contributed by atoms with Gasteiger partial charge in [0, 0.05) is 48.9 Å². The summed E-state index contributed by atoms with van der Waals surface area (Å²) in [6.45, 7) is 10.4. The van der Waals surface area contributed by atoms with Crippen LogP contribution in [-0.4, -0.2) is 47.7 Å². The van der Waals surface area contributed by atoms with Crippen molar-refractivity contribution in [1.82, 2.24) is 10.4 Å². The van der Waals surface area contributed by atoms with Crippen LogP contribution in [0.5, 0.6) is 0 Å². The van der Waals surface area contributed by atoms with Crippen LogP contribution in [0.1, 0.15) is 59.8 Å². The zero-order valence-corrected chi connectivity index (χ0v) is 19.7. The summed E-state index contributed by atoms with van der Waals surface area (Å²) in [5.41, 5.74) is 7.89. The number of hydrazine groups is 1. The lowest BCUT2D eigenvalue weighted by Crippen LogP contribution is -2.57. The number of aliphatic hydroxyl groups is 1. The van der Waals surface area contributed by atoms with E-state index in [9.17, 15) is 9.90 Å². The molecular weight excluding hydrogens is 388 g/mol. The number of nitrogens with zero attached hydrogens (tertiary/aromatic N) is 1. The highest BCUT2D eigenvalue weighted by molar-refractivity contribution is 5.98. The van der Waals surface area contributed by atoms with Crippen LogP contribution >= 0.6 is 0 Å². The number of carbonyl (C=O) groups is 1. The van der Waals surface area contributed by atoms with Gasteiger partial charge in [0.25, 0.3) is 0 Å². The second-order valence-electron chi connectivity index (χ2n) is 11.0. The minimum absolute atomic E-state index is 0.0281. The Balaban J connectivity index is 1.73. The first-order valence-corrected chi connectivity index (χ1v) is 12.2. The van der Waals surface area contributed by atoms with Crippen molar-refractivity contribution in [3.63, 3.8) is 0 Å². The number of hydrogen-bond donors (Lipinski definition) is 2. The van der Waals surface area contributed by atoms with Crippen LogP contribution in [-0.2, 0) is 9.53 Å². The molecule has 5 bridgehead atoms. The fraction of sp³-hybridized carbons (Fsp3) is 0.731. The molecule has 170 valence electrons. The van der Waals surface area contributed by atoms with E-state index in [1.165, 1.54) is 16.7 Å². The predicted molar refractivity (Wildman–Crippen MR) is 121 cm³/mol. The second-order valence-corrected chi connectivity index (χ2v) is 11.0. The van der Waals surface area contributed by atoms with Gasteiger partial charge in [0.15, 0.2) is 5.78 Å². The van der Waals surface area contributed by atoms with E-state index in [1.54, 1.807) is 7.11 Å². The van der Waals surface area contributed by atoms with Gasteiger partial charge in [0.1, 0.15) is 11.4 Å². The monoisotopic (exact) mass is 426 g/mol. The SMILES string of the molecule is COC1=CCC2=C3CC4C5C(C(=O)CC(C)C)=C3CCC2[C@]1(O)[C@@H](C)CNN4CC5C. The number of rotatable bonds is 4. The molecule has 0 amide bonds. The van der Waals surface area contributed by atoms with Crippen LogP contribution in [0.25, 0.3) is 0 Å². The molecule has 0 radical (unpaired) electrons. The molecule has 5 rings (SSSR count). The minimum Gasteiger partial charge on any atom is -0.498 e. The third-order valence-corrected chi connectivity index (χ3v) is 8.74. The molecule has 5 aliphatic rings. The lowest BCUT2D eigenvalue weighted by molar-refractivity contribution is -0.117. The Morgan fingerprint density at radius 2 is 2.13 bits per heavy atom. The average molecular weight is 427 g/mol. The summed E-state index contributed by atoms with van der Waals surface area (Å²) in [7, 11) is 1.68. The van der Waals surface area contributed by atoms with Crippen molar-refractivity contribution in [3.05, 3.63) is 34.1 Å². The van der Waals surface area contributed by atoms with E-state index < -0.39 is 5.60 Å². The molecule has 2 aliphatic heterocycles. The number of methoxy groups -OCH3 is 1. The van der Waals surface area contributed by atoms with Crippen molar-refractivity contribution in [2.75, 3.05) is 20.2 Å². The molecule has 0 spiro atoms. The molecule has 2 N–H and O–H groups in total. The molecule has 4 unspecified atom stereocenters. The summed E-state index contributed by atoms with van der Waals surface area (Å²) >= 11 is 0. The van der Waals surface area contributed by atoms with E-state index in [0.29, 0.717) is 42.5 Å². The number of Topliss-reactive ketones (excluding diaryl/α,β-unsaturated/α-hetero) is 1. The Labute approximate surface area is 186 Å². The number of allylic oxidation sites excluding steroid dienone is 2. The summed E-state index contributed by atoms with van der Waals surface area (Å²) in [5.74, 6) is 2.32. The third kappa shape index (κ3) is 3.03. The first kappa shape index (κ1) is 21.4. The maximum absolute atomic E-state index is 13.6. The van der Waals surface area contributed by atoms with Gasteiger partial charge in [-0.3, -0.25) is 10.2 Å². The molecular formula is C26H38N2O3. The Morgan fingerprint density at radius 1 is 1.35 bits per heavy atom. The fourth-order valence-electron chi connectivity index (χ4n) is 7.37. The van der Waals surface area contributed by atoms with E-state index in [4.69, 9.17) is 4.74 Å². The normalized spacial score (nSPS) is 39.8. The van der Waals surface area contributed by atoms with Crippen LogP contribution in [0, 0.1) is 29.6 Å². The van der Waals surface area contributed by atoms with Gasteiger partial charge in [0.05, 0.1) is 7.11 Å². The third-order valence-electron chi connectivity index (χ3n) is 8.74. The minimum atomic E-state index is -0.995. The van der Waals surface area contributed by atoms with Gasteiger partial charge in [-0.15, -0.1) is 0 Å². The number of carbonyl (C=O) groups excluding carboxylic acids is 1. The van der Waals surface area contributed by atoms with E-state index in [-0.39, 0.29) is 11.8 Å². The van der Waals surface area contributed by atoms with Crippen LogP contribution < -0.4 is 5.43 Å². The van der Waals surface area contributed by atoms with Gasteiger partial charge in [-0.25, -0.2) is 5.01 Å². The van der Waals surface area contributed by atoms with Crippen LogP contribution in [0.15, 0.2) is 34.1 Å². The zero-order valence-electron chi connectivity index (χ0n) is 19.7. The maximum Gasteiger partial charge on any atom is 0.159 e.